The van der Waals surface area contributed by atoms with Gasteiger partial charge in [-0.1, -0.05) is 24.3 Å². The largest absolute Gasteiger partial charge is 0.394 e. The van der Waals surface area contributed by atoms with Gasteiger partial charge in [-0.3, -0.25) is 0 Å². The molecule has 0 bridgehead atoms. The summed E-state index contributed by atoms with van der Waals surface area (Å²) in [5, 5.41) is 15.0. The van der Waals surface area contributed by atoms with Crippen molar-refractivity contribution in [1.82, 2.24) is 10.6 Å². The van der Waals surface area contributed by atoms with Gasteiger partial charge in [0.05, 0.1) is 12.1 Å². The zero-order chi connectivity index (χ0) is 13.7. The number of carbonyl (C=O) groups is 1. The Morgan fingerprint density at radius 2 is 2.11 bits per heavy atom. The van der Waals surface area contributed by atoms with Gasteiger partial charge in [-0.25, -0.2) is 4.79 Å². The number of nitrogens with one attached hydrogen (secondary N) is 2. The van der Waals surface area contributed by atoms with E-state index in [1.807, 2.05) is 12.1 Å². The first-order valence-electron chi connectivity index (χ1n) is 6.87. The second-order valence-corrected chi connectivity index (χ2v) is 5.35. The summed E-state index contributed by atoms with van der Waals surface area (Å²) in [6, 6.07) is 8.00. The number of hydrogen-bond acceptors (Lipinski definition) is 2. The Hall–Kier alpha value is -1.55. The van der Waals surface area contributed by atoms with Crippen molar-refractivity contribution in [2.24, 2.45) is 0 Å². The molecule has 1 fully saturated rings. The average molecular weight is 262 g/mol. The van der Waals surface area contributed by atoms with E-state index in [4.69, 9.17) is 0 Å². The summed E-state index contributed by atoms with van der Waals surface area (Å²) in [4.78, 5) is 11.8. The predicted octanol–water partition coefficient (Wildman–Crippen LogP) is 1.75. The highest BCUT2D eigenvalue weighted by atomic mass is 16.3. The van der Waals surface area contributed by atoms with Crippen LogP contribution in [0, 0.1) is 6.92 Å². The zero-order valence-electron chi connectivity index (χ0n) is 11.4. The van der Waals surface area contributed by atoms with Crippen LogP contribution in [0.5, 0.6) is 0 Å². The van der Waals surface area contributed by atoms with Gasteiger partial charge in [-0.05, 0) is 43.7 Å². The van der Waals surface area contributed by atoms with Gasteiger partial charge < -0.3 is 15.7 Å². The number of aryl methyl sites for hydroxylation is 1. The maximum Gasteiger partial charge on any atom is 0.315 e. The highest BCUT2D eigenvalue weighted by Gasteiger charge is 2.37. The summed E-state index contributed by atoms with van der Waals surface area (Å²) in [5.74, 6) is 0. The summed E-state index contributed by atoms with van der Waals surface area (Å²) >= 11 is 0. The highest BCUT2D eigenvalue weighted by molar-refractivity contribution is 5.75. The van der Waals surface area contributed by atoms with E-state index in [-0.39, 0.29) is 18.2 Å². The highest BCUT2D eigenvalue weighted by Crippen LogP contribution is 2.30. The number of hydrogen-bond donors (Lipinski definition) is 3. The molecule has 2 rings (SSSR count). The van der Waals surface area contributed by atoms with Gasteiger partial charge in [-0.2, -0.15) is 0 Å². The summed E-state index contributed by atoms with van der Waals surface area (Å²) in [5.41, 5.74) is 2.13. The first-order valence-corrected chi connectivity index (χ1v) is 6.87. The molecule has 0 unspecified atom stereocenters. The Kier molecular flexibility index (Phi) is 4.43. The molecule has 1 aromatic carbocycles. The van der Waals surface area contributed by atoms with Gasteiger partial charge in [0.15, 0.2) is 0 Å². The molecular weight excluding hydrogens is 240 g/mol. The van der Waals surface area contributed by atoms with E-state index in [1.54, 1.807) is 0 Å². The predicted molar refractivity (Wildman–Crippen MR) is 75.1 cm³/mol. The molecule has 104 valence electrons. The maximum atomic E-state index is 11.8. The van der Waals surface area contributed by atoms with E-state index >= 15 is 0 Å². The fraction of sp³-hybridized carbons (Fsp3) is 0.533. The number of aliphatic hydroxyl groups excluding tert-OH is 1. The molecule has 0 heterocycles. The summed E-state index contributed by atoms with van der Waals surface area (Å²) in [6.07, 6.45) is 3.64. The van der Waals surface area contributed by atoms with Crippen molar-refractivity contribution in [2.75, 3.05) is 13.2 Å². The van der Waals surface area contributed by atoms with Crippen molar-refractivity contribution in [3.63, 3.8) is 0 Å². The average Bonchev–Trinajstić information content (AvgIpc) is 2.36. The lowest BCUT2D eigenvalue weighted by Crippen LogP contribution is -2.58. The van der Waals surface area contributed by atoms with E-state index in [1.165, 1.54) is 11.1 Å². The molecular formula is C15H22N2O2. The topological polar surface area (TPSA) is 61.4 Å². The molecule has 2 amide bonds. The fourth-order valence-corrected chi connectivity index (χ4v) is 2.41. The van der Waals surface area contributed by atoms with E-state index in [0.717, 1.165) is 25.7 Å². The van der Waals surface area contributed by atoms with Crippen LogP contribution in [0.25, 0.3) is 0 Å². The molecule has 19 heavy (non-hydrogen) atoms. The Balaban J connectivity index is 1.74. The molecule has 0 radical (unpaired) electrons. The van der Waals surface area contributed by atoms with Gasteiger partial charge in [0.2, 0.25) is 0 Å². The molecule has 3 N–H and O–H groups in total. The zero-order valence-corrected chi connectivity index (χ0v) is 11.4. The van der Waals surface area contributed by atoms with Crippen molar-refractivity contribution in [2.45, 2.75) is 38.1 Å². The van der Waals surface area contributed by atoms with Gasteiger partial charge in [0.1, 0.15) is 0 Å². The normalized spacial score (nSPS) is 16.5. The molecule has 0 aliphatic heterocycles. The summed E-state index contributed by atoms with van der Waals surface area (Å²) < 4.78 is 0. The minimum absolute atomic E-state index is 0.0260. The standard InChI is InChI=1S/C15H22N2O2/c1-12-5-2-3-6-13(12)7-10-16-14(19)17-15(11-18)8-4-9-15/h2-3,5-6,18H,4,7-11H2,1H3,(H2,16,17,19). The second kappa shape index (κ2) is 6.06. The van der Waals surface area contributed by atoms with Crippen LogP contribution in [-0.4, -0.2) is 29.8 Å². The molecule has 1 aliphatic rings. The summed E-state index contributed by atoms with van der Waals surface area (Å²) in [7, 11) is 0. The first-order chi connectivity index (χ1) is 9.15. The quantitative estimate of drug-likeness (QED) is 0.757. The lowest BCUT2D eigenvalue weighted by atomic mass is 9.77. The smallest absolute Gasteiger partial charge is 0.315 e. The Morgan fingerprint density at radius 1 is 1.37 bits per heavy atom. The lowest BCUT2D eigenvalue weighted by Gasteiger charge is -2.40. The Bertz CT molecular complexity index is 436. The number of carbonyl (C=O) groups excluding carboxylic acids is 1. The first kappa shape index (κ1) is 13.9. The number of aliphatic hydroxyl groups is 1. The summed E-state index contributed by atoms with van der Waals surface area (Å²) in [6.45, 7) is 2.71. The SMILES string of the molecule is Cc1ccccc1CCNC(=O)NC1(CO)CCC1. The van der Waals surface area contributed by atoms with Crippen LogP contribution >= 0.6 is 0 Å². The Morgan fingerprint density at radius 3 is 2.68 bits per heavy atom. The van der Waals surface area contributed by atoms with Crippen LogP contribution in [-0.2, 0) is 6.42 Å². The second-order valence-electron chi connectivity index (χ2n) is 5.35. The molecule has 0 spiro atoms. The third-order valence-corrected chi connectivity index (χ3v) is 3.93. The van der Waals surface area contributed by atoms with Crippen LogP contribution < -0.4 is 10.6 Å². The molecule has 1 saturated carbocycles. The van der Waals surface area contributed by atoms with Crippen LogP contribution in [0.1, 0.15) is 30.4 Å². The minimum atomic E-state index is -0.368. The van der Waals surface area contributed by atoms with Crippen molar-refractivity contribution < 1.29 is 9.90 Å². The Labute approximate surface area is 114 Å². The lowest BCUT2D eigenvalue weighted by molar-refractivity contribution is 0.0959. The fourth-order valence-electron chi connectivity index (χ4n) is 2.41. The minimum Gasteiger partial charge on any atom is -0.394 e. The molecule has 0 saturated heterocycles. The van der Waals surface area contributed by atoms with Gasteiger partial charge in [-0.15, -0.1) is 0 Å². The van der Waals surface area contributed by atoms with E-state index in [9.17, 15) is 9.90 Å². The number of benzene rings is 1. The molecule has 4 heteroatoms. The molecule has 1 aliphatic carbocycles. The number of amides is 2. The van der Waals surface area contributed by atoms with Gasteiger partial charge in [0.25, 0.3) is 0 Å². The van der Waals surface area contributed by atoms with Crippen molar-refractivity contribution >= 4 is 6.03 Å². The van der Waals surface area contributed by atoms with Gasteiger partial charge >= 0.3 is 6.03 Å². The molecule has 0 aromatic heterocycles. The van der Waals surface area contributed by atoms with Crippen LogP contribution in [0.2, 0.25) is 0 Å². The number of urea groups is 1. The van der Waals surface area contributed by atoms with Crippen LogP contribution in [0.4, 0.5) is 4.79 Å². The van der Waals surface area contributed by atoms with Crippen molar-refractivity contribution in [3.8, 4) is 0 Å². The third-order valence-electron chi connectivity index (χ3n) is 3.93. The number of rotatable bonds is 5. The molecule has 1 aromatic rings. The van der Waals surface area contributed by atoms with Crippen molar-refractivity contribution in [3.05, 3.63) is 35.4 Å². The van der Waals surface area contributed by atoms with E-state index < -0.39 is 0 Å². The molecule has 4 nitrogen and oxygen atoms in total. The van der Waals surface area contributed by atoms with E-state index in [2.05, 4.69) is 29.7 Å². The van der Waals surface area contributed by atoms with E-state index in [0.29, 0.717) is 6.54 Å². The molecule has 0 atom stereocenters. The van der Waals surface area contributed by atoms with Crippen molar-refractivity contribution in [1.29, 1.82) is 0 Å². The third kappa shape index (κ3) is 3.47. The van der Waals surface area contributed by atoms with Crippen LogP contribution in [0.15, 0.2) is 24.3 Å². The monoisotopic (exact) mass is 262 g/mol. The van der Waals surface area contributed by atoms with Crippen LogP contribution in [0.3, 0.4) is 0 Å². The van der Waals surface area contributed by atoms with Gasteiger partial charge in [0, 0.05) is 6.54 Å². The maximum absolute atomic E-state index is 11.8.